The fraction of sp³-hybridized carbons (Fsp3) is 0.222. The van der Waals surface area contributed by atoms with Crippen LogP contribution >= 0.6 is 23.2 Å². The molecule has 1 saturated heterocycles. The maximum atomic E-state index is 10.8. The van der Waals surface area contributed by atoms with Gasteiger partial charge in [0, 0.05) is 5.02 Å². The molecule has 0 bridgehead atoms. The van der Waals surface area contributed by atoms with Gasteiger partial charge in [-0.2, -0.15) is 0 Å². The van der Waals surface area contributed by atoms with Crippen molar-refractivity contribution < 1.29 is 4.79 Å². The summed E-state index contributed by atoms with van der Waals surface area (Å²) in [5.74, 6) is -0.133. The lowest BCUT2D eigenvalue weighted by atomic mass is 9.97. The highest BCUT2D eigenvalue weighted by Gasteiger charge is 2.39. The van der Waals surface area contributed by atoms with E-state index in [0.29, 0.717) is 5.02 Å². The topological polar surface area (TPSA) is 29.1 Å². The molecule has 68 valence electrons. The van der Waals surface area contributed by atoms with Crippen LogP contribution in [0.5, 0.6) is 0 Å². The molecular formula is C9H7Cl2NO. The van der Waals surface area contributed by atoms with Crippen molar-refractivity contribution in [3.8, 4) is 0 Å². The first-order valence-corrected chi connectivity index (χ1v) is 4.70. The minimum Gasteiger partial charge on any atom is -0.346 e. The largest absolute Gasteiger partial charge is 0.346 e. The van der Waals surface area contributed by atoms with Crippen LogP contribution in [0.1, 0.15) is 11.6 Å². The lowest BCUT2D eigenvalue weighted by Crippen LogP contribution is -2.52. The van der Waals surface area contributed by atoms with Crippen molar-refractivity contribution in [2.75, 3.05) is 0 Å². The van der Waals surface area contributed by atoms with E-state index in [-0.39, 0.29) is 11.9 Å². The first kappa shape index (κ1) is 8.85. The van der Waals surface area contributed by atoms with Crippen LogP contribution in [0.2, 0.25) is 5.02 Å². The maximum Gasteiger partial charge on any atom is 0.241 e. The molecule has 1 N–H and O–H groups in total. The molecule has 1 amide bonds. The Morgan fingerprint density at radius 2 is 2.00 bits per heavy atom. The number of amides is 1. The molecule has 2 atom stereocenters. The number of nitrogens with one attached hydrogen (secondary N) is 1. The van der Waals surface area contributed by atoms with E-state index in [2.05, 4.69) is 5.32 Å². The Balaban J connectivity index is 2.27. The van der Waals surface area contributed by atoms with Gasteiger partial charge in [0.15, 0.2) is 0 Å². The molecule has 1 aliphatic heterocycles. The SMILES string of the molecule is O=C1N[C@H](c2ccccc2Cl)[C@@H]1Cl. The van der Waals surface area contributed by atoms with E-state index in [1.807, 2.05) is 18.2 Å². The van der Waals surface area contributed by atoms with Crippen molar-refractivity contribution in [1.29, 1.82) is 0 Å². The number of halogens is 2. The predicted molar refractivity (Wildman–Crippen MR) is 52.0 cm³/mol. The summed E-state index contributed by atoms with van der Waals surface area (Å²) in [5, 5.41) is 2.85. The fourth-order valence-corrected chi connectivity index (χ4v) is 1.84. The zero-order valence-electron chi connectivity index (χ0n) is 6.63. The van der Waals surface area contributed by atoms with Gasteiger partial charge in [0.25, 0.3) is 0 Å². The van der Waals surface area contributed by atoms with Crippen molar-refractivity contribution in [2.24, 2.45) is 0 Å². The number of hydrogen-bond acceptors (Lipinski definition) is 1. The van der Waals surface area contributed by atoms with Crippen molar-refractivity contribution in [2.45, 2.75) is 11.4 Å². The Hall–Kier alpha value is -0.730. The van der Waals surface area contributed by atoms with E-state index in [0.717, 1.165) is 5.56 Å². The number of carbonyl (C=O) groups excluding carboxylic acids is 1. The quantitative estimate of drug-likeness (QED) is 0.565. The predicted octanol–water partition coefficient (Wildman–Crippen LogP) is 2.12. The van der Waals surface area contributed by atoms with E-state index < -0.39 is 5.38 Å². The van der Waals surface area contributed by atoms with Gasteiger partial charge in [0.2, 0.25) is 5.91 Å². The van der Waals surface area contributed by atoms with Crippen molar-refractivity contribution >= 4 is 29.1 Å². The number of β-lactam (4-membered cyclic amide) rings is 1. The number of hydrogen-bond donors (Lipinski definition) is 1. The highest BCUT2D eigenvalue weighted by molar-refractivity contribution is 6.35. The zero-order valence-corrected chi connectivity index (χ0v) is 8.14. The Morgan fingerprint density at radius 3 is 2.54 bits per heavy atom. The molecule has 0 saturated carbocycles. The molecule has 1 aromatic rings. The van der Waals surface area contributed by atoms with Gasteiger partial charge in [-0.1, -0.05) is 29.8 Å². The molecule has 0 unspecified atom stereocenters. The molecule has 2 nitrogen and oxygen atoms in total. The number of rotatable bonds is 1. The molecule has 1 aliphatic rings. The van der Waals surface area contributed by atoms with Crippen LogP contribution in [0.25, 0.3) is 0 Å². The second-order valence-corrected chi connectivity index (χ2v) is 3.79. The summed E-state index contributed by atoms with van der Waals surface area (Å²) >= 11 is 11.7. The number of carbonyl (C=O) groups is 1. The lowest BCUT2D eigenvalue weighted by Gasteiger charge is -2.33. The summed E-state index contributed by atoms with van der Waals surface area (Å²) in [6.45, 7) is 0. The minimum atomic E-state index is -0.486. The molecule has 1 aromatic carbocycles. The molecule has 0 aromatic heterocycles. The summed E-state index contributed by atoms with van der Waals surface area (Å²) in [5.41, 5.74) is 0.878. The summed E-state index contributed by atoms with van der Waals surface area (Å²) in [6, 6.07) is 7.22. The average molecular weight is 216 g/mol. The molecular weight excluding hydrogens is 209 g/mol. The van der Waals surface area contributed by atoms with E-state index in [1.165, 1.54) is 0 Å². The van der Waals surface area contributed by atoms with E-state index in [1.54, 1.807) is 6.07 Å². The lowest BCUT2D eigenvalue weighted by molar-refractivity contribution is -0.127. The Kier molecular flexibility index (Phi) is 2.18. The monoisotopic (exact) mass is 215 g/mol. The first-order valence-electron chi connectivity index (χ1n) is 3.89. The second-order valence-electron chi connectivity index (χ2n) is 2.91. The van der Waals surface area contributed by atoms with Crippen molar-refractivity contribution in [3.63, 3.8) is 0 Å². The van der Waals surface area contributed by atoms with Crippen LogP contribution in [0.4, 0.5) is 0 Å². The van der Waals surface area contributed by atoms with Gasteiger partial charge in [-0.3, -0.25) is 4.79 Å². The Morgan fingerprint density at radius 1 is 1.31 bits per heavy atom. The Bertz CT molecular complexity index is 353. The van der Waals surface area contributed by atoms with Crippen LogP contribution < -0.4 is 5.32 Å². The second kappa shape index (κ2) is 3.20. The van der Waals surface area contributed by atoms with Crippen LogP contribution in [0.15, 0.2) is 24.3 Å². The van der Waals surface area contributed by atoms with Gasteiger partial charge in [-0.05, 0) is 11.6 Å². The van der Waals surface area contributed by atoms with Crippen LogP contribution in [0, 0.1) is 0 Å². The van der Waals surface area contributed by atoms with Crippen LogP contribution in [0.3, 0.4) is 0 Å². The highest BCUT2D eigenvalue weighted by Crippen LogP contribution is 2.32. The van der Waals surface area contributed by atoms with E-state index in [9.17, 15) is 4.79 Å². The zero-order chi connectivity index (χ0) is 9.42. The average Bonchev–Trinajstić information content (AvgIpc) is 2.15. The van der Waals surface area contributed by atoms with Gasteiger partial charge in [0.1, 0.15) is 5.38 Å². The van der Waals surface area contributed by atoms with Gasteiger partial charge < -0.3 is 5.32 Å². The van der Waals surface area contributed by atoms with Gasteiger partial charge in [-0.25, -0.2) is 0 Å². The van der Waals surface area contributed by atoms with Gasteiger partial charge in [-0.15, -0.1) is 11.6 Å². The molecule has 4 heteroatoms. The van der Waals surface area contributed by atoms with Crippen LogP contribution in [-0.4, -0.2) is 11.3 Å². The third kappa shape index (κ3) is 1.40. The number of benzene rings is 1. The van der Waals surface area contributed by atoms with Gasteiger partial charge >= 0.3 is 0 Å². The standard InChI is InChI=1S/C9H7Cl2NO/c10-6-4-2-1-3-5(6)8-7(11)9(13)12-8/h1-4,7-8H,(H,12,13)/t7-,8+/m0/s1. The molecule has 1 heterocycles. The Labute approximate surface area is 85.8 Å². The summed E-state index contributed by atoms with van der Waals surface area (Å²) in [7, 11) is 0. The molecule has 0 radical (unpaired) electrons. The first-order chi connectivity index (χ1) is 6.20. The summed E-state index contributed by atoms with van der Waals surface area (Å²) < 4.78 is 0. The smallest absolute Gasteiger partial charge is 0.241 e. The molecule has 1 fully saturated rings. The third-order valence-corrected chi connectivity index (χ3v) is 2.88. The van der Waals surface area contributed by atoms with Gasteiger partial charge in [0.05, 0.1) is 6.04 Å². The maximum absolute atomic E-state index is 10.8. The summed E-state index contributed by atoms with van der Waals surface area (Å²) in [6.07, 6.45) is 0. The molecule has 0 aliphatic carbocycles. The third-order valence-electron chi connectivity index (χ3n) is 2.08. The fourth-order valence-electron chi connectivity index (χ4n) is 1.32. The van der Waals surface area contributed by atoms with E-state index in [4.69, 9.17) is 23.2 Å². The normalized spacial score (nSPS) is 26.5. The van der Waals surface area contributed by atoms with Crippen LogP contribution in [-0.2, 0) is 4.79 Å². The minimum absolute atomic E-state index is 0.133. The van der Waals surface area contributed by atoms with Crippen molar-refractivity contribution in [1.82, 2.24) is 5.32 Å². The highest BCUT2D eigenvalue weighted by atomic mass is 35.5. The summed E-state index contributed by atoms with van der Waals surface area (Å²) in [4.78, 5) is 10.8. The molecule has 2 rings (SSSR count). The molecule has 13 heavy (non-hydrogen) atoms. The molecule has 0 spiro atoms. The van der Waals surface area contributed by atoms with E-state index >= 15 is 0 Å². The number of alkyl halides is 1. The van der Waals surface area contributed by atoms with Crippen molar-refractivity contribution in [3.05, 3.63) is 34.9 Å².